The summed E-state index contributed by atoms with van der Waals surface area (Å²) < 4.78 is 42.1. The van der Waals surface area contributed by atoms with Crippen molar-refractivity contribution in [3.63, 3.8) is 0 Å². The van der Waals surface area contributed by atoms with Crippen molar-refractivity contribution in [2.75, 3.05) is 6.54 Å². The van der Waals surface area contributed by atoms with E-state index in [0.717, 1.165) is 12.8 Å². The predicted molar refractivity (Wildman–Crippen MR) is 96.4 cm³/mol. The van der Waals surface area contributed by atoms with Crippen LogP contribution in [0.4, 0.5) is 13.2 Å². The first-order valence-corrected chi connectivity index (χ1v) is 9.48. The lowest BCUT2D eigenvalue weighted by molar-refractivity contribution is 0.00387. The average Bonchev–Trinajstić information content (AvgIpc) is 3.01. The maximum Gasteiger partial charge on any atom is 0.274 e. The van der Waals surface area contributed by atoms with Gasteiger partial charge in [-0.1, -0.05) is 0 Å². The number of hydrogen-bond acceptors (Lipinski definition) is 4. The van der Waals surface area contributed by atoms with E-state index in [1.54, 1.807) is 4.90 Å². The number of amides is 2. The molecule has 2 N–H and O–H groups in total. The van der Waals surface area contributed by atoms with Gasteiger partial charge in [0.25, 0.3) is 11.8 Å². The molecule has 0 spiro atoms. The van der Waals surface area contributed by atoms with Gasteiger partial charge < -0.3 is 19.9 Å². The van der Waals surface area contributed by atoms with Gasteiger partial charge in [-0.05, 0) is 18.8 Å². The highest BCUT2D eigenvalue weighted by molar-refractivity contribution is 5.99. The quantitative estimate of drug-likeness (QED) is 0.792. The molecule has 3 atom stereocenters. The van der Waals surface area contributed by atoms with Crippen LogP contribution in [0.1, 0.15) is 45.3 Å². The zero-order chi connectivity index (χ0) is 21.3. The molecule has 30 heavy (non-hydrogen) atoms. The SMILES string of the molecule is O=C(NCc1c(F)cc(F)cc1F)c1cn2c(c(O)c1=O)C(=O)N1CC3CC[C@@H]2[C@@H]31. The van der Waals surface area contributed by atoms with Crippen molar-refractivity contribution in [3.05, 3.63) is 62.8 Å². The summed E-state index contributed by atoms with van der Waals surface area (Å²) in [6.07, 6.45) is 2.86. The lowest BCUT2D eigenvalue weighted by Gasteiger charge is -2.50. The lowest BCUT2D eigenvalue weighted by atomic mass is 9.87. The van der Waals surface area contributed by atoms with Crippen molar-refractivity contribution < 1.29 is 27.9 Å². The first kappa shape index (κ1) is 18.7. The summed E-state index contributed by atoms with van der Waals surface area (Å²) in [6, 6.07) is 0.791. The zero-order valence-corrected chi connectivity index (χ0v) is 15.5. The van der Waals surface area contributed by atoms with Crippen LogP contribution in [-0.2, 0) is 6.54 Å². The first-order valence-electron chi connectivity index (χ1n) is 9.48. The number of benzene rings is 1. The van der Waals surface area contributed by atoms with Crippen LogP contribution < -0.4 is 10.7 Å². The first-order chi connectivity index (χ1) is 14.3. The number of carbonyl (C=O) groups excluding carboxylic acids is 2. The van der Waals surface area contributed by atoms with Crippen LogP contribution in [0.25, 0.3) is 0 Å². The van der Waals surface area contributed by atoms with Gasteiger partial charge in [0, 0.05) is 37.0 Å². The highest BCUT2D eigenvalue weighted by Crippen LogP contribution is 2.49. The molecule has 0 bridgehead atoms. The van der Waals surface area contributed by atoms with E-state index in [1.807, 2.05) is 0 Å². The summed E-state index contributed by atoms with van der Waals surface area (Å²) >= 11 is 0. The summed E-state index contributed by atoms with van der Waals surface area (Å²) in [5, 5.41) is 12.6. The van der Waals surface area contributed by atoms with E-state index in [1.165, 1.54) is 10.8 Å². The molecule has 1 aromatic heterocycles. The molecule has 0 radical (unpaired) electrons. The minimum absolute atomic E-state index is 0.0229. The van der Waals surface area contributed by atoms with Gasteiger partial charge in [0.2, 0.25) is 5.43 Å². The van der Waals surface area contributed by atoms with Crippen LogP contribution in [0.3, 0.4) is 0 Å². The van der Waals surface area contributed by atoms with Crippen LogP contribution in [0.5, 0.6) is 5.75 Å². The highest BCUT2D eigenvalue weighted by atomic mass is 19.1. The summed E-state index contributed by atoms with van der Waals surface area (Å²) in [7, 11) is 0. The molecular formula is C20H16F3N3O4. The van der Waals surface area contributed by atoms with Crippen LogP contribution in [-0.4, -0.2) is 39.0 Å². The van der Waals surface area contributed by atoms with Gasteiger partial charge >= 0.3 is 0 Å². The Balaban J connectivity index is 1.48. The molecule has 3 heterocycles. The normalized spacial score (nSPS) is 23.6. The number of aromatic hydroxyl groups is 1. The lowest BCUT2D eigenvalue weighted by Crippen LogP contribution is -2.62. The number of fused-ring (bicyclic) bond motifs is 2. The predicted octanol–water partition coefficient (Wildman–Crippen LogP) is 1.69. The highest BCUT2D eigenvalue weighted by Gasteiger charge is 2.55. The minimum Gasteiger partial charge on any atom is -0.503 e. The van der Waals surface area contributed by atoms with E-state index in [9.17, 15) is 32.7 Å². The van der Waals surface area contributed by atoms with E-state index >= 15 is 0 Å². The second-order valence-corrected chi connectivity index (χ2v) is 7.86. The van der Waals surface area contributed by atoms with Gasteiger partial charge in [-0.2, -0.15) is 0 Å². The summed E-state index contributed by atoms with van der Waals surface area (Å²) in [5.74, 6) is -5.33. The van der Waals surface area contributed by atoms with Crippen molar-refractivity contribution in [3.8, 4) is 5.75 Å². The number of hydrogen-bond donors (Lipinski definition) is 2. The molecule has 5 rings (SSSR count). The Hall–Kier alpha value is -3.30. The summed E-state index contributed by atoms with van der Waals surface area (Å²) in [6.45, 7) is -0.0375. The van der Waals surface area contributed by atoms with Crippen molar-refractivity contribution in [1.82, 2.24) is 14.8 Å². The third kappa shape index (κ3) is 2.49. The Morgan fingerprint density at radius 3 is 2.57 bits per heavy atom. The Labute approximate surface area is 167 Å². The number of halogens is 3. The van der Waals surface area contributed by atoms with Crippen LogP contribution in [0, 0.1) is 23.4 Å². The third-order valence-corrected chi connectivity index (χ3v) is 6.31. The van der Waals surface area contributed by atoms with Gasteiger partial charge in [-0.15, -0.1) is 0 Å². The van der Waals surface area contributed by atoms with Crippen LogP contribution in [0.15, 0.2) is 23.1 Å². The largest absolute Gasteiger partial charge is 0.503 e. The Kier molecular flexibility index (Phi) is 3.96. The number of aromatic nitrogens is 1. The van der Waals surface area contributed by atoms with Gasteiger partial charge in [0.15, 0.2) is 11.4 Å². The van der Waals surface area contributed by atoms with Gasteiger partial charge in [-0.3, -0.25) is 14.4 Å². The molecule has 1 unspecified atom stereocenters. The molecule has 2 fully saturated rings. The van der Waals surface area contributed by atoms with E-state index < -0.39 is 58.1 Å². The Morgan fingerprint density at radius 1 is 1.17 bits per heavy atom. The summed E-state index contributed by atoms with van der Waals surface area (Å²) in [4.78, 5) is 39.4. The standard InChI is InChI=1S/C20H16F3N3O4/c21-9-3-12(22)10(13(23)4-9)5-24-19(29)11-7-25-14-2-1-8-6-26(15(8)14)20(30)16(25)18(28)17(11)27/h3-4,7-8,14-15,28H,1-2,5-6H2,(H,24,29)/t8?,14-,15-/m1/s1. The molecule has 2 aromatic rings. The minimum atomic E-state index is -1.18. The van der Waals surface area contributed by atoms with Crippen molar-refractivity contribution in [2.24, 2.45) is 5.92 Å². The maximum atomic E-state index is 13.8. The van der Waals surface area contributed by atoms with Crippen molar-refractivity contribution >= 4 is 11.8 Å². The molecule has 156 valence electrons. The molecule has 10 heteroatoms. The number of pyridine rings is 1. The number of carbonyl (C=O) groups is 2. The van der Waals surface area contributed by atoms with Crippen molar-refractivity contribution in [1.29, 1.82) is 0 Å². The molecule has 3 aliphatic rings. The topological polar surface area (TPSA) is 91.6 Å². The van der Waals surface area contributed by atoms with E-state index in [4.69, 9.17) is 0 Å². The Morgan fingerprint density at radius 2 is 1.87 bits per heavy atom. The van der Waals surface area contributed by atoms with Crippen molar-refractivity contribution in [2.45, 2.75) is 31.5 Å². The molecule has 2 aliphatic heterocycles. The number of nitrogens with zero attached hydrogens (tertiary/aromatic N) is 2. The monoisotopic (exact) mass is 419 g/mol. The number of rotatable bonds is 3. The second-order valence-electron chi connectivity index (χ2n) is 7.86. The van der Waals surface area contributed by atoms with Crippen LogP contribution >= 0.6 is 0 Å². The van der Waals surface area contributed by atoms with Crippen LogP contribution in [0.2, 0.25) is 0 Å². The molecular weight excluding hydrogens is 403 g/mol. The Bertz CT molecular complexity index is 1160. The van der Waals surface area contributed by atoms with Gasteiger partial charge in [0.1, 0.15) is 23.0 Å². The zero-order valence-electron chi connectivity index (χ0n) is 15.5. The second kappa shape index (κ2) is 6.35. The molecule has 1 saturated heterocycles. The molecule has 1 aliphatic carbocycles. The van der Waals surface area contributed by atoms with E-state index in [2.05, 4.69) is 5.32 Å². The van der Waals surface area contributed by atoms with E-state index in [0.29, 0.717) is 24.6 Å². The fraction of sp³-hybridized carbons (Fsp3) is 0.350. The fourth-order valence-electron chi connectivity index (χ4n) is 4.86. The fourth-order valence-corrected chi connectivity index (χ4v) is 4.86. The maximum absolute atomic E-state index is 13.8. The number of nitrogens with one attached hydrogen (secondary N) is 1. The molecule has 1 saturated carbocycles. The smallest absolute Gasteiger partial charge is 0.274 e. The molecule has 1 aromatic carbocycles. The summed E-state index contributed by atoms with van der Waals surface area (Å²) in [5.41, 5.74) is -2.19. The van der Waals surface area contributed by atoms with Gasteiger partial charge in [0.05, 0.1) is 12.1 Å². The van der Waals surface area contributed by atoms with Gasteiger partial charge in [-0.25, -0.2) is 13.2 Å². The van der Waals surface area contributed by atoms with E-state index in [-0.39, 0.29) is 17.8 Å². The average molecular weight is 419 g/mol. The molecule has 2 amide bonds. The molecule has 7 nitrogen and oxygen atoms in total. The third-order valence-electron chi connectivity index (χ3n) is 6.31.